The van der Waals surface area contributed by atoms with Gasteiger partial charge in [-0.1, -0.05) is 6.07 Å². The fourth-order valence-corrected chi connectivity index (χ4v) is 2.98. The number of nitrogens with one attached hydrogen (secondary N) is 1. The van der Waals surface area contributed by atoms with Crippen molar-refractivity contribution >= 4 is 5.91 Å². The molecule has 1 aliphatic heterocycles. The van der Waals surface area contributed by atoms with Crippen molar-refractivity contribution in [1.82, 2.24) is 15.1 Å². The zero-order valence-electron chi connectivity index (χ0n) is 15.9. The van der Waals surface area contributed by atoms with Crippen LogP contribution in [-0.4, -0.2) is 67.6 Å². The van der Waals surface area contributed by atoms with Gasteiger partial charge in [0.2, 0.25) is 5.91 Å². The molecule has 8 heteroatoms. The second-order valence-electron chi connectivity index (χ2n) is 7.07. The third-order valence-corrected chi connectivity index (χ3v) is 4.33. The van der Waals surface area contributed by atoms with Crippen LogP contribution < -0.4 is 10.1 Å². The maximum absolute atomic E-state index is 12.7. The summed E-state index contributed by atoms with van der Waals surface area (Å²) in [5.41, 5.74) is -0.697. The molecule has 0 radical (unpaired) electrons. The Morgan fingerprint density at radius 3 is 2.48 bits per heavy atom. The fraction of sp³-hybridized carbons (Fsp3) is 0.632. The van der Waals surface area contributed by atoms with E-state index in [9.17, 15) is 18.0 Å². The van der Waals surface area contributed by atoms with Gasteiger partial charge in [-0.2, -0.15) is 13.2 Å². The Bertz CT molecular complexity index is 600. The Kier molecular flexibility index (Phi) is 7.91. The van der Waals surface area contributed by atoms with Crippen molar-refractivity contribution in [3.05, 3.63) is 29.8 Å². The van der Waals surface area contributed by atoms with Crippen LogP contribution in [0.3, 0.4) is 0 Å². The Morgan fingerprint density at radius 2 is 1.85 bits per heavy atom. The van der Waals surface area contributed by atoms with Crippen LogP contribution in [0.5, 0.6) is 5.75 Å². The number of amides is 1. The van der Waals surface area contributed by atoms with Crippen LogP contribution in [0, 0.1) is 0 Å². The quantitative estimate of drug-likeness (QED) is 0.697. The molecule has 1 saturated heterocycles. The van der Waals surface area contributed by atoms with E-state index in [4.69, 9.17) is 4.74 Å². The number of carbonyl (C=O) groups is 1. The molecule has 1 amide bonds. The third-order valence-electron chi connectivity index (χ3n) is 4.33. The number of hydrogen-bond acceptors (Lipinski definition) is 4. The summed E-state index contributed by atoms with van der Waals surface area (Å²) in [7, 11) is 0. The number of rotatable bonds is 8. The van der Waals surface area contributed by atoms with E-state index in [1.54, 1.807) is 0 Å². The monoisotopic (exact) mass is 387 g/mol. The minimum atomic E-state index is -4.36. The van der Waals surface area contributed by atoms with E-state index in [2.05, 4.69) is 15.1 Å². The molecule has 2 rings (SSSR count). The second kappa shape index (κ2) is 9.94. The average molecular weight is 387 g/mol. The van der Waals surface area contributed by atoms with Crippen molar-refractivity contribution < 1.29 is 22.7 Å². The number of ether oxygens (including phenoxy) is 1. The molecule has 27 heavy (non-hydrogen) atoms. The van der Waals surface area contributed by atoms with Crippen LogP contribution >= 0.6 is 0 Å². The van der Waals surface area contributed by atoms with Gasteiger partial charge in [0.1, 0.15) is 5.75 Å². The normalized spacial score (nSPS) is 16.5. The lowest BCUT2D eigenvalue weighted by molar-refractivity contribution is -0.137. The highest BCUT2D eigenvalue weighted by Crippen LogP contribution is 2.31. The molecule has 1 fully saturated rings. The molecule has 0 aliphatic carbocycles. The van der Waals surface area contributed by atoms with Crippen molar-refractivity contribution in [1.29, 1.82) is 0 Å². The standard InChI is InChI=1S/C19H28F3N3O2/c1-15(2)23-18(26)14-25-10-8-24(9-11-25)7-4-12-27-17-6-3-5-16(13-17)19(20,21)22/h3,5-6,13,15H,4,7-12,14H2,1-2H3,(H,23,26). The summed E-state index contributed by atoms with van der Waals surface area (Å²) in [5, 5.41) is 2.89. The number of nitrogens with zero attached hydrogens (tertiary/aromatic N) is 2. The number of alkyl halides is 3. The third kappa shape index (κ3) is 7.76. The van der Waals surface area contributed by atoms with Crippen LogP contribution in [0.2, 0.25) is 0 Å². The van der Waals surface area contributed by atoms with Gasteiger partial charge in [-0.05, 0) is 38.5 Å². The first-order valence-corrected chi connectivity index (χ1v) is 9.28. The molecule has 0 spiro atoms. The Balaban J connectivity index is 1.63. The van der Waals surface area contributed by atoms with E-state index >= 15 is 0 Å². The highest BCUT2D eigenvalue weighted by atomic mass is 19.4. The predicted octanol–water partition coefficient (Wildman–Crippen LogP) is 2.62. The van der Waals surface area contributed by atoms with Gasteiger partial charge in [0.05, 0.1) is 18.7 Å². The first kappa shape index (κ1) is 21.5. The molecule has 0 unspecified atom stereocenters. The summed E-state index contributed by atoms with van der Waals surface area (Å²) in [6.07, 6.45) is -3.62. The fourth-order valence-electron chi connectivity index (χ4n) is 2.98. The first-order chi connectivity index (χ1) is 12.7. The number of piperazine rings is 1. The molecule has 0 saturated carbocycles. The molecule has 1 aromatic rings. The first-order valence-electron chi connectivity index (χ1n) is 9.28. The highest BCUT2D eigenvalue weighted by Gasteiger charge is 2.30. The van der Waals surface area contributed by atoms with Crippen LogP contribution in [0.4, 0.5) is 13.2 Å². The molecule has 1 aromatic carbocycles. The summed E-state index contributed by atoms with van der Waals surface area (Å²) < 4.78 is 43.5. The maximum Gasteiger partial charge on any atom is 0.416 e. The van der Waals surface area contributed by atoms with E-state index in [1.807, 2.05) is 13.8 Å². The van der Waals surface area contributed by atoms with E-state index in [-0.39, 0.29) is 17.7 Å². The van der Waals surface area contributed by atoms with Crippen LogP contribution in [0.25, 0.3) is 0 Å². The molecule has 0 atom stereocenters. The molecule has 1 heterocycles. The average Bonchev–Trinajstić information content (AvgIpc) is 2.59. The molecule has 1 N–H and O–H groups in total. The zero-order valence-corrected chi connectivity index (χ0v) is 15.9. The van der Waals surface area contributed by atoms with Gasteiger partial charge in [-0.15, -0.1) is 0 Å². The van der Waals surface area contributed by atoms with E-state index < -0.39 is 11.7 Å². The number of hydrogen-bond donors (Lipinski definition) is 1. The lowest BCUT2D eigenvalue weighted by Gasteiger charge is -2.34. The van der Waals surface area contributed by atoms with Gasteiger partial charge < -0.3 is 15.0 Å². The smallest absolute Gasteiger partial charge is 0.416 e. The van der Waals surface area contributed by atoms with Gasteiger partial charge in [0.25, 0.3) is 0 Å². The SMILES string of the molecule is CC(C)NC(=O)CN1CCN(CCCOc2cccc(C(F)(F)F)c2)CC1. The van der Waals surface area contributed by atoms with Crippen molar-refractivity contribution in [3.63, 3.8) is 0 Å². The van der Waals surface area contributed by atoms with Crippen molar-refractivity contribution in [3.8, 4) is 5.75 Å². The molecule has 152 valence electrons. The van der Waals surface area contributed by atoms with Gasteiger partial charge in [-0.3, -0.25) is 9.69 Å². The molecule has 1 aliphatic rings. The maximum atomic E-state index is 12.7. The van der Waals surface area contributed by atoms with E-state index in [0.29, 0.717) is 13.2 Å². The minimum absolute atomic E-state index is 0.0490. The highest BCUT2D eigenvalue weighted by molar-refractivity contribution is 5.78. The van der Waals surface area contributed by atoms with Gasteiger partial charge in [0.15, 0.2) is 0 Å². The Labute approximate surface area is 158 Å². The second-order valence-corrected chi connectivity index (χ2v) is 7.07. The number of benzene rings is 1. The van der Waals surface area contributed by atoms with Crippen molar-refractivity contribution in [2.75, 3.05) is 45.9 Å². The molecule has 0 bridgehead atoms. The minimum Gasteiger partial charge on any atom is -0.494 e. The van der Waals surface area contributed by atoms with Gasteiger partial charge in [-0.25, -0.2) is 0 Å². The van der Waals surface area contributed by atoms with E-state index in [1.165, 1.54) is 12.1 Å². The van der Waals surface area contributed by atoms with E-state index in [0.717, 1.165) is 51.3 Å². The molecular formula is C19H28F3N3O2. The number of halogens is 3. The lowest BCUT2D eigenvalue weighted by atomic mass is 10.2. The summed E-state index contributed by atoms with van der Waals surface area (Å²) in [4.78, 5) is 16.2. The Morgan fingerprint density at radius 1 is 1.19 bits per heavy atom. The molecule has 0 aromatic heterocycles. The lowest BCUT2D eigenvalue weighted by Crippen LogP contribution is -2.50. The van der Waals surface area contributed by atoms with Crippen molar-refractivity contribution in [2.45, 2.75) is 32.5 Å². The molecule has 5 nitrogen and oxygen atoms in total. The molecular weight excluding hydrogens is 359 g/mol. The number of carbonyl (C=O) groups excluding carboxylic acids is 1. The topological polar surface area (TPSA) is 44.8 Å². The van der Waals surface area contributed by atoms with Gasteiger partial charge >= 0.3 is 6.18 Å². The zero-order chi connectivity index (χ0) is 19.9. The predicted molar refractivity (Wildman–Crippen MR) is 97.7 cm³/mol. The summed E-state index contributed by atoms with van der Waals surface area (Å²) in [6.45, 7) is 8.92. The Hall–Kier alpha value is -1.80. The van der Waals surface area contributed by atoms with Crippen LogP contribution in [-0.2, 0) is 11.0 Å². The van der Waals surface area contributed by atoms with Crippen molar-refractivity contribution in [2.24, 2.45) is 0 Å². The summed E-state index contributed by atoms with van der Waals surface area (Å²) in [6, 6.07) is 5.10. The summed E-state index contributed by atoms with van der Waals surface area (Å²) >= 11 is 0. The largest absolute Gasteiger partial charge is 0.494 e. The van der Waals surface area contributed by atoms with Gasteiger partial charge in [0, 0.05) is 38.8 Å². The van der Waals surface area contributed by atoms with Crippen LogP contribution in [0.15, 0.2) is 24.3 Å². The van der Waals surface area contributed by atoms with Crippen LogP contribution in [0.1, 0.15) is 25.8 Å². The summed E-state index contributed by atoms with van der Waals surface area (Å²) in [5.74, 6) is 0.291.